The van der Waals surface area contributed by atoms with E-state index in [2.05, 4.69) is 4.90 Å². The first kappa shape index (κ1) is 17.7. The van der Waals surface area contributed by atoms with Crippen LogP contribution in [0.15, 0.2) is 18.2 Å². The van der Waals surface area contributed by atoms with Gasteiger partial charge in [-0.05, 0) is 31.0 Å². The van der Waals surface area contributed by atoms with Crippen LogP contribution in [0.4, 0.5) is 4.39 Å². The van der Waals surface area contributed by atoms with Crippen LogP contribution in [0.25, 0.3) is 0 Å². The minimum absolute atomic E-state index is 0.0730. The fourth-order valence-electron chi connectivity index (χ4n) is 4.19. The molecule has 0 bridgehead atoms. The highest BCUT2D eigenvalue weighted by molar-refractivity contribution is 5.88. The Morgan fingerprint density at radius 1 is 1.40 bits per heavy atom. The van der Waals surface area contributed by atoms with Gasteiger partial charge in [0.15, 0.2) is 0 Å². The van der Waals surface area contributed by atoms with Gasteiger partial charge < -0.3 is 14.7 Å². The molecule has 1 spiro atoms. The average Bonchev–Trinajstić information content (AvgIpc) is 2.83. The third kappa shape index (κ3) is 3.08. The zero-order chi connectivity index (χ0) is 18.2. The number of methoxy groups -OCH3 is 1. The van der Waals surface area contributed by atoms with Gasteiger partial charge in [-0.1, -0.05) is 0 Å². The highest BCUT2D eigenvalue weighted by Gasteiger charge is 2.55. The standard InChI is InChI=1S/C18H23FN2O4/c1-20-16(22)10-14(17(23)24)18(20)5-7-21(8-6-18)11-12-9-13(19)3-4-15(12)25-2/h3-4,9,14H,5-8,10-11H2,1-2H3,(H,23,24)/t14-/m1/s1. The molecule has 25 heavy (non-hydrogen) atoms. The lowest BCUT2D eigenvalue weighted by Gasteiger charge is -2.45. The number of carboxylic acids is 1. The summed E-state index contributed by atoms with van der Waals surface area (Å²) in [6.07, 6.45) is 1.28. The Morgan fingerprint density at radius 2 is 2.08 bits per heavy atom. The minimum atomic E-state index is -0.905. The van der Waals surface area contributed by atoms with Crippen molar-refractivity contribution in [3.05, 3.63) is 29.6 Å². The monoisotopic (exact) mass is 350 g/mol. The number of aliphatic carboxylic acids is 1. The molecule has 6 nitrogen and oxygen atoms in total. The van der Waals surface area contributed by atoms with Gasteiger partial charge in [-0.2, -0.15) is 0 Å². The number of hydrogen-bond donors (Lipinski definition) is 1. The summed E-state index contributed by atoms with van der Waals surface area (Å²) in [6, 6.07) is 4.44. The summed E-state index contributed by atoms with van der Waals surface area (Å²) >= 11 is 0. The second-order valence-electron chi connectivity index (χ2n) is 6.88. The second kappa shape index (κ2) is 6.63. The van der Waals surface area contributed by atoms with Crippen LogP contribution in [-0.2, 0) is 16.1 Å². The van der Waals surface area contributed by atoms with Crippen LogP contribution in [0.2, 0.25) is 0 Å². The molecule has 3 rings (SSSR count). The Bertz CT molecular complexity index is 686. The number of rotatable bonds is 4. The second-order valence-corrected chi connectivity index (χ2v) is 6.88. The zero-order valence-corrected chi connectivity index (χ0v) is 14.5. The van der Waals surface area contributed by atoms with E-state index >= 15 is 0 Å². The van der Waals surface area contributed by atoms with Gasteiger partial charge >= 0.3 is 5.97 Å². The van der Waals surface area contributed by atoms with Gasteiger partial charge in [0.05, 0.1) is 18.6 Å². The van der Waals surface area contributed by atoms with E-state index in [1.54, 1.807) is 25.1 Å². The molecule has 1 aromatic rings. The molecule has 1 aromatic carbocycles. The van der Waals surface area contributed by atoms with E-state index in [9.17, 15) is 19.1 Å². The first-order chi connectivity index (χ1) is 11.9. The van der Waals surface area contributed by atoms with Gasteiger partial charge in [-0.3, -0.25) is 14.5 Å². The highest BCUT2D eigenvalue weighted by atomic mass is 19.1. The van der Waals surface area contributed by atoms with Gasteiger partial charge in [0, 0.05) is 38.7 Å². The number of benzene rings is 1. The molecule has 2 fully saturated rings. The molecule has 2 heterocycles. The summed E-state index contributed by atoms with van der Waals surface area (Å²) in [7, 11) is 3.26. The van der Waals surface area contributed by atoms with Crippen LogP contribution in [0.1, 0.15) is 24.8 Å². The van der Waals surface area contributed by atoms with Crippen LogP contribution in [-0.4, -0.2) is 59.6 Å². The molecule has 1 N–H and O–H groups in total. The summed E-state index contributed by atoms with van der Waals surface area (Å²) in [5.74, 6) is -1.34. The number of piperidine rings is 1. The zero-order valence-electron chi connectivity index (χ0n) is 14.5. The van der Waals surface area contributed by atoms with Crippen molar-refractivity contribution in [2.45, 2.75) is 31.3 Å². The Balaban J connectivity index is 1.73. The summed E-state index contributed by atoms with van der Waals surface area (Å²) < 4.78 is 18.8. The Labute approximate surface area is 146 Å². The molecule has 0 aromatic heterocycles. The molecule has 1 atom stereocenters. The lowest BCUT2D eigenvalue weighted by atomic mass is 9.77. The van der Waals surface area contributed by atoms with E-state index in [0.29, 0.717) is 38.2 Å². The van der Waals surface area contributed by atoms with Crippen molar-refractivity contribution in [2.75, 3.05) is 27.2 Å². The van der Waals surface area contributed by atoms with Crippen molar-refractivity contribution in [1.29, 1.82) is 0 Å². The summed E-state index contributed by atoms with van der Waals surface area (Å²) in [5.41, 5.74) is 0.162. The van der Waals surface area contributed by atoms with Gasteiger partial charge in [0.25, 0.3) is 0 Å². The normalized spacial score (nSPS) is 23.2. The van der Waals surface area contributed by atoms with Crippen molar-refractivity contribution in [3.8, 4) is 5.75 Å². The lowest BCUT2D eigenvalue weighted by molar-refractivity contribution is -0.146. The van der Waals surface area contributed by atoms with E-state index in [4.69, 9.17) is 4.74 Å². The lowest BCUT2D eigenvalue weighted by Crippen LogP contribution is -2.55. The van der Waals surface area contributed by atoms with Gasteiger partial charge in [-0.15, -0.1) is 0 Å². The number of amides is 1. The van der Waals surface area contributed by atoms with Gasteiger partial charge in [-0.25, -0.2) is 4.39 Å². The summed E-state index contributed by atoms with van der Waals surface area (Å²) in [6.45, 7) is 1.84. The van der Waals surface area contributed by atoms with Crippen LogP contribution in [0.3, 0.4) is 0 Å². The number of carboxylic acid groups (broad SMARTS) is 1. The van der Waals surface area contributed by atoms with Crippen molar-refractivity contribution in [1.82, 2.24) is 9.80 Å². The Morgan fingerprint density at radius 3 is 2.68 bits per heavy atom. The number of halogens is 1. The molecule has 7 heteroatoms. The van der Waals surface area contributed by atoms with E-state index in [1.807, 2.05) is 0 Å². The largest absolute Gasteiger partial charge is 0.496 e. The topological polar surface area (TPSA) is 70.1 Å². The third-order valence-corrected chi connectivity index (χ3v) is 5.73. The smallest absolute Gasteiger partial charge is 0.309 e. The number of nitrogens with zero attached hydrogens (tertiary/aromatic N) is 2. The Hall–Kier alpha value is -2.15. The van der Waals surface area contributed by atoms with Crippen LogP contribution >= 0.6 is 0 Å². The Kier molecular flexibility index (Phi) is 4.69. The fourth-order valence-corrected chi connectivity index (χ4v) is 4.19. The number of hydrogen-bond acceptors (Lipinski definition) is 4. The van der Waals surface area contributed by atoms with E-state index in [1.165, 1.54) is 12.1 Å². The van der Waals surface area contributed by atoms with Crippen molar-refractivity contribution in [2.24, 2.45) is 5.92 Å². The highest BCUT2D eigenvalue weighted by Crippen LogP contribution is 2.43. The van der Waals surface area contributed by atoms with Crippen molar-refractivity contribution >= 4 is 11.9 Å². The van der Waals surface area contributed by atoms with Crippen molar-refractivity contribution in [3.63, 3.8) is 0 Å². The van der Waals surface area contributed by atoms with Gasteiger partial charge in [0.2, 0.25) is 5.91 Å². The molecule has 2 saturated heterocycles. The number of carbonyl (C=O) groups excluding carboxylic acids is 1. The SMILES string of the molecule is COc1ccc(F)cc1CN1CCC2(CC1)[C@@H](C(=O)O)CC(=O)N2C. The first-order valence-corrected chi connectivity index (χ1v) is 8.41. The molecular weight excluding hydrogens is 327 g/mol. The number of likely N-dealkylation sites (tertiary alicyclic amines) is 2. The molecular formula is C18H23FN2O4. The van der Waals surface area contributed by atoms with E-state index in [0.717, 1.165) is 5.56 Å². The third-order valence-electron chi connectivity index (χ3n) is 5.73. The molecule has 0 aliphatic carbocycles. The maximum Gasteiger partial charge on any atom is 0.309 e. The molecule has 2 aliphatic rings. The minimum Gasteiger partial charge on any atom is -0.496 e. The quantitative estimate of drug-likeness (QED) is 0.896. The molecule has 0 unspecified atom stereocenters. The maximum atomic E-state index is 13.5. The summed E-state index contributed by atoms with van der Waals surface area (Å²) in [4.78, 5) is 27.4. The molecule has 1 amide bonds. The predicted molar refractivity (Wildman–Crippen MR) is 88.7 cm³/mol. The number of carbonyl (C=O) groups is 2. The molecule has 0 radical (unpaired) electrons. The van der Waals surface area contributed by atoms with Gasteiger partial charge in [0.1, 0.15) is 11.6 Å². The first-order valence-electron chi connectivity index (χ1n) is 8.41. The molecule has 0 saturated carbocycles. The van der Waals surface area contributed by atoms with Crippen molar-refractivity contribution < 1.29 is 23.8 Å². The molecule has 136 valence electrons. The summed E-state index contributed by atoms with van der Waals surface area (Å²) in [5, 5.41) is 9.52. The average molecular weight is 350 g/mol. The predicted octanol–water partition coefficient (Wildman–Crippen LogP) is 1.73. The molecule has 2 aliphatic heterocycles. The van der Waals surface area contributed by atoms with Crippen LogP contribution in [0.5, 0.6) is 5.75 Å². The van der Waals surface area contributed by atoms with Crippen LogP contribution < -0.4 is 4.74 Å². The fraction of sp³-hybridized carbons (Fsp3) is 0.556. The van der Waals surface area contributed by atoms with E-state index in [-0.39, 0.29) is 18.1 Å². The van der Waals surface area contributed by atoms with Crippen LogP contribution in [0, 0.1) is 11.7 Å². The maximum absolute atomic E-state index is 13.5. The van der Waals surface area contributed by atoms with E-state index < -0.39 is 17.4 Å². The number of ether oxygens (including phenoxy) is 1.